The van der Waals surface area contributed by atoms with Crippen molar-refractivity contribution in [2.75, 3.05) is 35.5 Å². The summed E-state index contributed by atoms with van der Waals surface area (Å²) < 4.78 is 28.5. The second-order valence-corrected chi connectivity index (χ2v) is 8.64. The number of allylic oxidation sites excluding steroid dienone is 1. The second-order valence-electron chi connectivity index (χ2n) is 7.55. The third-order valence-electron chi connectivity index (χ3n) is 5.61. The molecule has 0 N–H and O–H groups in total. The number of fused-ring (bicyclic) bond motifs is 1. The fourth-order valence-corrected chi connectivity index (χ4v) is 4.93. The van der Waals surface area contributed by atoms with Crippen molar-refractivity contribution in [3.63, 3.8) is 0 Å². The molecule has 4 rings (SSSR count). The van der Waals surface area contributed by atoms with Gasteiger partial charge in [0, 0.05) is 32.3 Å². The lowest BCUT2D eigenvalue weighted by atomic mass is 10.0. The number of ketones is 1. The van der Waals surface area contributed by atoms with Crippen molar-refractivity contribution >= 4 is 33.3 Å². The fraction of sp³-hybridized carbons (Fsp3) is 0.179. The molecule has 0 bridgehead atoms. The van der Waals surface area contributed by atoms with E-state index in [1.165, 1.54) is 37.5 Å². The van der Waals surface area contributed by atoms with E-state index in [-0.39, 0.29) is 5.78 Å². The second kappa shape index (κ2) is 10.5. The van der Waals surface area contributed by atoms with Crippen molar-refractivity contribution in [2.24, 2.45) is 0 Å². The highest BCUT2D eigenvalue weighted by atomic mass is 32.1. The van der Waals surface area contributed by atoms with Crippen LogP contribution < -0.4 is 23.7 Å². The summed E-state index contributed by atoms with van der Waals surface area (Å²) in [5.41, 5.74) is 2.09. The Balaban J connectivity index is 1.74. The van der Waals surface area contributed by atoms with Gasteiger partial charge in [0.1, 0.15) is 11.5 Å². The summed E-state index contributed by atoms with van der Waals surface area (Å²) >= 11 is 1.68. The maximum absolute atomic E-state index is 13.0. The van der Waals surface area contributed by atoms with Crippen LogP contribution >= 0.6 is 11.3 Å². The average molecular weight is 491 g/mol. The molecule has 0 fully saturated rings. The minimum atomic E-state index is -0.217. The highest BCUT2D eigenvalue weighted by molar-refractivity contribution is 7.22. The largest absolute Gasteiger partial charge is 0.496 e. The van der Waals surface area contributed by atoms with Crippen LogP contribution in [0.25, 0.3) is 26.6 Å². The molecule has 0 saturated heterocycles. The molecule has 0 atom stereocenters. The molecule has 0 aliphatic heterocycles. The van der Waals surface area contributed by atoms with E-state index in [1.54, 1.807) is 43.8 Å². The average Bonchev–Trinajstić information content (AvgIpc) is 3.34. The van der Waals surface area contributed by atoms with Crippen LogP contribution in [0, 0.1) is 0 Å². The van der Waals surface area contributed by atoms with Crippen molar-refractivity contribution < 1.29 is 28.5 Å². The lowest BCUT2D eigenvalue weighted by molar-refractivity contribution is 0.104. The Morgan fingerprint density at radius 1 is 0.743 bits per heavy atom. The van der Waals surface area contributed by atoms with E-state index in [0.29, 0.717) is 34.3 Å². The topological polar surface area (TPSA) is 63.2 Å². The fourth-order valence-electron chi connectivity index (χ4n) is 3.85. The number of rotatable bonds is 9. The van der Waals surface area contributed by atoms with Gasteiger partial charge in [0.05, 0.1) is 35.5 Å². The van der Waals surface area contributed by atoms with Crippen molar-refractivity contribution in [3.8, 4) is 39.2 Å². The molecule has 35 heavy (non-hydrogen) atoms. The van der Waals surface area contributed by atoms with Gasteiger partial charge in [-0.25, -0.2) is 0 Å². The van der Waals surface area contributed by atoms with Gasteiger partial charge in [0.2, 0.25) is 5.75 Å². The predicted molar refractivity (Wildman–Crippen MR) is 140 cm³/mol. The molecule has 0 saturated carbocycles. The Labute approximate surface area is 208 Å². The lowest BCUT2D eigenvalue weighted by Crippen LogP contribution is -2.00. The zero-order valence-electron chi connectivity index (χ0n) is 20.2. The highest BCUT2D eigenvalue weighted by Gasteiger charge is 2.17. The normalized spacial score (nSPS) is 11.0. The van der Waals surface area contributed by atoms with Gasteiger partial charge in [0.15, 0.2) is 17.3 Å². The quantitative estimate of drug-likeness (QED) is 0.197. The van der Waals surface area contributed by atoms with Crippen molar-refractivity contribution in [1.29, 1.82) is 0 Å². The molecule has 4 aromatic rings. The summed E-state index contributed by atoms with van der Waals surface area (Å²) in [5, 5.41) is 1.17. The number of hydrogen-bond acceptors (Lipinski definition) is 7. The molecule has 0 amide bonds. The van der Waals surface area contributed by atoms with Gasteiger partial charge in [-0.1, -0.05) is 18.2 Å². The van der Waals surface area contributed by atoms with Crippen LogP contribution in [0.2, 0.25) is 0 Å². The first-order chi connectivity index (χ1) is 17.0. The smallest absolute Gasteiger partial charge is 0.203 e. The van der Waals surface area contributed by atoms with Crippen LogP contribution in [0.4, 0.5) is 0 Å². The molecular formula is C28H26O6S. The van der Waals surface area contributed by atoms with Gasteiger partial charge in [-0.15, -0.1) is 11.3 Å². The standard InChI is InChI=1S/C28H26O6S/c1-30-22-16-23(31-2)20(27-15-18-8-6-7-9-26(18)35-27)12-17(22)10-11-21(29)19-13-24(32-3)28(34-5)25(14-19)33-4/h6-16H,1-5H3/b11-10+. The van der Waals surface area contributed by atoms with Gasteiger partial charge in [-0.05, 0) is 47.9 Å². The van der Waals surface area contributed by atoms with E-state index in [0.717, 1.165) is 16.0 Å². The number of methoxy groups -OCH3 is 5. The van der Waals surface area contributed by atoms with E-state index in [2.05, 4.69) is 18.2 Å². The first-order valence-electron chi connectivity index (χ1n) is 10.8. The van der Waals surface area contributed by atoms with Crippen molar-refractivity contribution in [2.45, 2.75) is 0 Å². The SMILES string of the molecule is COc1cc(OC)c(-c2cc3ccccc3s2)cc1/C=C/C(=O)c1cc(OC)c(OC)c(OC)c1. The van der Waals surface area contributed by atoms with E-state index in [1.807, 2.05) is 24.3 Å². The zero-order valence-corrected chi connectivity index (χ0v) is 21.0. The molecule has 0 aliphatic carbocycles. The van der Waals surface area contributed by atoms with Gasteiger partial charge in [-0.3, -0.25) is 4.79 Å². The Kier molecular flexibility index (Phi) is 7.27. The van der Waals surface area contributed by atoms with Crippen molar-refractivity contribution in [1.82, 2.24) is 0 Å². The molecule has 0 radical (unpaired) electrons. The molecule has 7 heteroatoms. The monoisotopic (exact) mass is 490 g/mol. The summed E-state index contributed by atoms with van der Waals surface area (Å²) in [4.78, 5) is 14.1. The first kappa shape index (κ1) is 24.2. The summed E-state index contributed by atoms with van der Waals surface area (Å²) in [6.45, 7) is 0. The summed E-state index contributed by atoms with van der Waals surface area (Å²) in [6, 6.07) is 17.4. The molecule has 180 valence electrons. The molecule has 0 aliphatic rings. The Bertz CT molecular complexity index is 1340. The molecular weight excluding hydrogens is 464 g/mol. The molecule has 1 heterocycles. The van der Waals surface area contributed by atoms with Crippen LogP contribution in [-0.2, 0) is 0 Å². The third kappa shape index (κ3) is 4.81. The molecule has 3 aromatic carbocycles. The van der Waals surface area contributed by atoms with Crippen LogP contribution in [0.15, 0.2) is 60.7 Å². The van der Waals surface area contributed by atoms with Crippen LogP contribution in [0.5, 0.6) is 28.7 Å². The van der Waals surface area contributed by atoms with E-state index < -0.39 is 0 Å². The molecule has 0 unspecified atom stereocenters. The molecule has 6 nitrogen and oxygen atoms in total. The van der Waals surface area contributed by atoms with E-state index in [4.69, 9.17) is 23.7 Å². The van der Waals surface area contributed by atoms with Gasteiger partial charge < -0.3 is 23.7 Å². The summed E-state index contributed by atoms with van der Waals surface area (Å²) in [5.74, 6) is 2.34. The van der Waals surface area contributed by atoms with Gasteiger partial charge in [0.25, 0.3) is 0 Å². The number of carbonyl (C=O) groups excluding carboxylic acids is 1. The summed E-state index contributed by atoms with van der Waals surface area (Å²) in [7, 11) is 7.77. The number of benzene rings is 3. The number of hydrogen-bond donors (Lipinski definition) is 0. The van der Waals surface area contributed by atoms with E-state index in [9.17, 15) is 4.79 Å². The number of thiophene rings is 1. The predicted octanol–water partition coefficient (Wildman–Crippen LogP) is 6.51. The Hall–Kier alpha value is -3.97. The number of ether oxygens (including phenoxy) is 5. The van der Waals surface area contributed by atoms with E-state index >= 15 is 0 Å². The van der Waals surface area contributed by atoms with Crippen LogP contribution in [0.3, 0.4) is 0 Å². The van der Waals surface area contributed by atoms with Crippen molar-refractivity contribution in [3.05, 3.63) is 71.8 Å². The van der Waals surface area contributed by atoms with Crippen LogP contribution in [0.1, 0.15) is 15.9 Å². The Morgan fingerprint density at radius 3 is 2.00 bits per heavy atom. The molecule has 0 spiro atoms. The zero-order chi connectivity index (χ0) is 24.9. The van der Waals surface area contributed by atoms with Gasteiger partial charge >= 0.3 is 0 Å². The summed E-state index contributed by atoms with van der Waals surface area (Å²) in [6.07, 6.45) is 3.24. The maximum Gasteiger partial charge on any atom is 0.203 e. The maximum atomic E-state index is 13.0. The minimum absolute atomic E-state index is 0.217. The molecule has 1 aromatic heterocycles. The minimum Gasteiger partial charge on any atom is -0.496 e. The number of carbonyl (C=O) groups is 1. The first-order valence-corrected chi connectivity index (χ1v) is 11.6. The Morgan fingerprint density at radius 2 is 1.40 bits per heavy atom. The highest BCUT2D eigenvalue weighted by Crippen LogP contribution is 2.42. The third-order valence-corrected chi connectivity index (χ3v) is 6.76. The van der Waals surface area contributed by atoms with Gasteiger partial charge in [-0.2, -0.15) is 0 Å². The van der Waals surface area contributed by atoms with Crippen LogP contribution in [-0.4, -0.2) is 41.3 Å². The lowest BCUT2D eigenvalue weighted by Gasteiger charge is -2.13.